The monoisotopic (exact) mass is 550 g/mol. The molecule has 0 saturated carbocycles. The van der Waals surface area contributed by atoms with Gasteiger partial charge < -0.3 is 20.9 Å². The third-order valence-corrected chi connectivity index (χ3v) is 4.55. The van der Waals surface area contributed by atoms with Crippen molar-refractivity contribution in [3.8, 4) is 23.0 Å². The summed E-state index contributed by atoms with van der Waals surface area (Å²) < 4.78 is 169. The molecule has 0 radical (unpaired) electrons. The van der Waals surface area contributed by atoms with Crippen LogP contribution in [0.15, 0.2) is 36.4 Å². The molecule has 0 atom stereocenters. The Kier molecular flexibility index (Phi) is 6.83. The summed E-state index contributed by atoms with van der Waals surface area (Å²) in [5, 5.41) is 0. The zero-order valence-corrected chi connectivity index (χ0v) is 17.5. The second-order valence-electron chi connectivity index (χ2n) is 7.21. The second kappa shape index (κ2) is 9.15. The summed E-state index contributed by atoms with van der Waals surface area (Å²) >= 11 is 0. The van der Waals surface area contributed by atoms with Gasteiger partial charge in [-0.3, -0.25) is 0 Å². The maximum atomic E-state index is 14.4. The van der Waals surface area contributed by atoms with Crippen LogP contribution in [0.5, 0.6) is 23.0 Å². The maximum absolute atomic E-state index is 14.4. The van der Waals surface area contributed by atoms with Gasteiger partial charge in [-0.25, -0.2) is 13.2 Å². The Labute approximate surface area is 198 Å². The molecule has 3 aromatic carbocycles. The summed E-state index contributed by atoms with van der Waals surface area (Å²) in [4.78, 5) is 0. The van der Waals surface area contributed by atoms with Crippen molar-refractivity contribution in [3.63, 3.8) is 0 Å². The van der Waals surface area contributed by atoms with Crippen molar-refractivity contribution in [1.29, 1.82) is 0 Å². The standard InChI is InChI=1S/C21H10F12N2O2/c22-10-5-9(19(25,26)27)15(36-7-1-11(23)17(13(34)3-7)20(28,29)30)6-16(10)37-8-2-12(24)18(14(35)4-8)21(31,32)33/h1-6H,34-35H2. The van der Waals surface area contributed by atoms with E-state index in [4.69, 9.17) is 20.9 Å². The molecule has 0 bridgehead atoms. The molecule has 4 nitrogen and oxygen atoms in total. The first-order chi connectivity index (χ1) is 16.8. The molecule has 3 aromatic rings. The van der Waals surface area contributed by atoms with Crippen molar-refractivity contribution in [2.45, 2.75) is 18.5 Å². The summed E-state index contributed by atoms with van der Waals surface area (Å²) in [6, 6.07) is 0.975. The first kappa shape index (κ1) is 27.6. The molecule has 4 N–H and O–H groups in total. The lowest BCUT2D eigenvalue weighted by molar-refractivity contribution is -0.140. The van der Waals surface area contributed by atoms with Crippen LogP contribution < -0.4 is 20.9 Å². The Morgan fingerprint density at radius 3 is 1.24 bits per heavy atom. The van der Waals surface area contributed by atoms with Gasteiger partial charge >= 0.3 is 18.5 Å². The number of hydrogen-bond donors (Lipinski definition) is 2. The molecule has 0 aliphatic heterocycles. The molecule has 0 unspecified atom stereocenters. The molecule has 0 aromatic heterocycles. The summed E-state index contributed by atoms with van der Waals surface area (Å²) in [5.41, 5.74) is 2.22. The van der Waals surface area contributed by atoms with E-state index >= 15 is 0 Å². The highest BCUT2D eigenvalue weighted by atomic mass is 19.4. The number of benzene rings is 3. The van der Waals surface area contributed by atoms with E-state index in [0.717, 1.165) is 0 Å². The van der Waals surface area contributed by atoms with Crippen molar-refractivity contribution in [1.82, 2.24) is 0 Å². The zero-order valence-electron chi connectivity index (χ0n) is 17.5. The van der Waals surface area contributed by atoms with Gasteiger partial charge in [0.25, 0.3) is 0 Å². The molecule has 0 spiro atoms. The fourth-order valence-corrected chi connectivity index (χ4v) is 3.09. The SMILES string of the molecule is Nc1cc(Oc2cc(Oc3cc(N)c(C(F)(F)F)c(F)c3)c(C(F)(F)F)cc2F)cc(F)c1C(F)(F)F. The lowest BCUT2D eigenvalue weighted by Crippen LogP contribution is -2.12. The van der Waals surface area contributed by atoms with Crippen LogP contribution >= 0.6 is 0 Å². The van der Waals surface area contributed by atoms with Gasteiger partial charge in [0.2, 0.25) is 0 Å². The van der Waals surface area contributed by atoms with Crippen LogP contribution in [-0.4, -0.2) is 0 Å². The molecule has 0 fully saturated rings. The number of hydrogen-bond acceptors (Lipinski definition) is 4. The molecule has 0 saturated heterocycles. The number of rotatable bonds is 4. The van der Waals surface area contributed by atoms with Crippen molar-refractivity contribution in [2.24, 2.45) is 0 Å². The molecule has 0 amide bonds. The topological polar surface area (TPSA) is 70.5 Å². The highest BCUT2D eigenvalue weighted by Crippen LogP contribution is 2.45. The van der Waals surface area contributed by atoms with Gasteiger partial charge in [-0.05, 0) is 6.07 Å². The quantitative estimate of drug-likeness (QED) is 0.256. The van der Waals surface area contributed by atoms with E-state index in [2.05, 4.69) is 0 Å². The molecular formula is C21H10F12N2O2. The minimum Gasteiger partial charge on any atom is -0.456 e. The predicted octanol–water partition coefficient (Wildman–Crippen LogP) is 7.91. The Balaban J connectivity index is 2.08. The molecule has 200 valence electrons. The van der Waals surface area contributed by atoms with E-state index in [0.29, 0.717) is 12.1 Å². The largest absolute Gasteiger partial charge is 0.456 e. The zero-order chi connectivity index (χ0) is 28.1. The van der Waals surface area contributed by atoms with E-state index in [1.807, 2.05) is 0 Å². The van der Waals surface area contributed by atoms with Gasteiger partial charge in [0.1, 0.15) is 45.6 Å². The molecular weight excluding hydrogens is 540 g/mol. The van der Waals surface area contributed by atoms with Crippen LogP contribution in [0.4, 0.5) is 64.1 Å². The van der Waals surface area contributed by atoms with E-state index in [9.17, 15) is 52.7 Å². The normalized spacial score (nSPS) is 12.5. The summed E-state index contributed by atoms with van der Waals surface area (Å²) in [6.45, 7) is 0. The van der Waals surface area contributed by atoms with E-state index in [1.54, 1.807) is 0 Å². The minimum absolute atomic E-state index is 0.0646. The van der Waals surface area contributed by atoms with Gasteiger partial charge in [0.05, 0.1) is 11.4 Å². The van der Waals surface area contributed by atoms with Crippen molar-refractivity contribution < 1.29 is 62.2 Å². The van der Waals surface area contributed by atoms with Crippen LogP contribution in [0.2, 0.25) is 0 Å². The van der Waals surface area contributed by atoms with Crippen molar-refractivity contribution in [3.05, 3.63) is 70.5 Å². The molecule has 16 heteroatoms. The highest BCUT2D eigenvalue weighted by Gasteiger charge is 2.39. The molecule has 3 rings (SSSR count). The van der Waals surface area contributed by atoms with Crippen LogP contribution in [0, 0.1) is 17.5 Å². The summed E-state index contributed by atoms with van der Waals surface area (Å²) in [7, 11) is 0. The average Bonchev–Trinajstić information content (AvgIpc) is 2.66. The number of nitrogens with two attached hydrogens (primary N) is 2. The van der Waals surface area contributed by atoms with Crippen LogP contribution in [0.3, 0.4) is 0 Å². The lowest BCUT2D eigenvalue weighted by atomic mass is 10.1. The minimum atomic E-state index is -5.32. The Morgan fingerprint density at radius 1 is 0.486 bits per heavy atom. The van der Waals surface area contributed by atoms with Gasteiger partial charge in [-0.2, -0.15) is 39.5 Å². The van der Waals surface area contributed by atoms with E-state index in [1.165, 1.54) is 0 Å². The fraction of sp³-hybridized carbons (Fsp3) is 0.143. The van der Waals surface area contributed by atoms with Crippen molar-refractivity contribution >= 4 is 11.4 Å². The highest BCUT2D eigenvalue weighted by molar-refractivity contribution is 5.57. The van der Waals surface area contributed by atoms with Crippen LogP contribution in [0.1, 0.15) is 16.7 Å². The van der Waals surface area contributed by atoms with Crippen LogP contribution in [-0.2, 0) is 18.5 Å². The third kappa shape index (κ3) is 5.89. The van der Waals surface area contributed by atoms with Gasteiger partial charge in [-0.15, -0.1) is 0 Å². The van der Waals surface area contributed by atoms with Gasteiger partial charge in [-0.1, -0.05) is 0 Å². The number of anilines is 2. The Bertz CT molecular complexity index is 1300. The number of halogens is 12. The van der Waals surface area contributed by atoms with E-state index < -0.39 is 87.0 Å². The maximum Gasteiger partial charge on any atom is 0.421 e. The number of alkyl halides is 9. The van der Waals surface area contributed by atoms with Crippen molar-refractivity contribution in [2.75, 3.05) is 11.5 Å². The Morgan fingerprint density at radius 2 is 0.892 bits per heavy atom. The molecule has 0 heterocycles. The first-order valence-electron chi connectivity index (χ1n) is 9.38. The predicted molar refractivity (Wildman–Crippen MR) is 103 cm³/mol. The lowest BCUT2D eigenvalue weighted by Gasteiger charge is -2.18. The van der Waals surface area contributed by atoms with Gasteiger partial charge in [0, 0.05) is 30.3 Å². The molecule has 0 aliphatic carbocycles. The third-order valence-electron chi connectivity index (χ3n) is 4.55. The van der Waals surface area contributed by atoms with Crippen LogP contribution in [0.25, 0.3) is 0 Å². The first-order valence-corrected chi connectivity index (χ1v) is 9.38. The Hall–Kier alpha value is -3.98. The molecule has 0 aliphatic rings. The average molecular weight is 550 g/mol. The van der Waals surface area contributed by atoms with E-state index in [-0.39, 0.29) is 24.3 Å². The fourth-order valence-electron chi connectivity index (χ4n) is 3.09. The molecule has 37 heavy (non-hydrogen) atoms. The number of ether oxygens (including phenoxy) is 2. The van der Waals surface area contributed by atoms with Gasteiger partial charge in [0.15, 0.2) is 11.6 Å². The number of nitrogen functional groups attached to an aromatic ring is 2. The summed E-state index contributed by atoms with van der Waals surface area (Å²) in [6.07, 6.45) is -15.8. The smallest absolute Gasteiger partial charge is 0.421 e. The summed E-state index contributed by atoms with van der Waals surface area (Å²) in [5.74, 6) is -10.00. The second-order valence-corrected chi connectivity index (χ2v) is 7.21.